The van der Waals surface area contributed by atoms with E-state index in [2.05, 4.69) is 41.7 Å². The summed E-state index contributed by atoms with van der Waals surface area (Å²) in [4.78, 5) is 30.1. The third kappa shape index (κ3) is 7.05. The van der Waals surface area contributed by atoms with Crippen molar-refractivity contribution in [3.8, 4) is 5.75 Å². The third-order valence-corrected chi connectivity index (χ3v) is 8.53. The number of hydrogen-bond acceptors (Lipinski definition) is 4. The summed E-state index contributed by atoms with van der Waals surface area (Å²) in [5.41, 5.74) is 6.32. The van der Waals surface area contributed by atoms with E-state index < -0.39 is 0 Å². The number of halogens is 1. The molecule has 0 aromatic heterocycles. The zero-order valence-corrected chi connectivity index (χ0v) is 25.7. The van der Waals surface area contributed by atoms with Crippen LogP contribution in [0.25, 0.3) is 5.57 Å². The number of aryl methyl sites for hydroxylation is 1. The predicted octanol–water partition coefficient (Wildman–Crippen LogP) is 5.71. The standard InChI is InChI=1S/C35H40ClN3O3/c1-23-13-14-31(36)33(17-23)42-24(2)18-27-11-8-12-28(19-27)30-20-29-21-39(25(3)40)22-32(37-29)34(30)35(41)38(4)16-15-26-9-6-5-7-10-26/h5-14,17,19,24,29,32,37H,15-16,18,20-22H2,1-4H3/t24?,29?,32-/m1/s1. The largest absolute Gasteiger partial charge is 0.489 e. The first-order chi connectivity index (χ1) is 20.2. The molecule has 42 heavy (non-hydrogen) atoms. The second-order valence-corrected chi connectivity index (χ2v) is 12.1. The first-order valence-electron chi connectivity index (χ1n) is 14.7. The van der Waals surface area contributed by atoms with Gasteiger partial charge in [0.05, 0.1) is 17.2 Å². The van der Waals surface area contributed by atoms with Crippen LogP contribution in [0.2, 0.25) is 5.02 Å². The summed E-state index contributed by atoms with van der Waals surface area (Å²) < 4.78 is 6.21. The number of ether oxygens (including phenoxy) is 1. The van der Waals surface area contributed by atoms with Crippen molar-refractivity contribution in [2.45, 2.75) is 58.2 Å². The molecule has 1 N–H and O–H groups in total. The normalized spacial score (nSPS) is 18.9. The lowest BCUT2D eigenvalue weighted by molar-refractivity contribution is -0.132. The summed E-state index contributed by atoms with van der Waals surface area (Å²) in [6.07, 6.45) is 2.08. The Hall–Kier alpha value is -3.61. The van der Waals surface area contributed by atoms with E-state index in [-0.39, 0.29) is 30.0 Å². The highest BCUT2D eigenvalue weighted by Crippen LogP contribution is 2.35. The quantitative estimate of drug-likeness (QED) is 0.350. The average Bonchev–Trinajstić information content (AvgIpc) is 2.97. The maximum Gasteiger partial charge on any atom is 0.251 e. The second-order valence-electron chi connectivity index (χ2n) is 11.7. The Morgan fingerprint density at radius 1 is 1.05 bits per heavy atom. The lowest BCUT2D eigenvalue weighted by Gasteiger charge is -2.44. The Morgan fingerprint density at radius 2 is 1.81 bits per heavy atom. The van der Waals surface area contributed by atoms with E-state index in [0.717, 1.165) is 34.3 Å². The molecule has 1 fully saturated rings. The number of nitrogens with zero attached hydrogens (tertiary/aromatic N) is 2. The number of piperazine rings is 1. The Kier molecular flexibility index (Phi) is 9.34. The lowest BCUT2D eigenvalue weighted by atomic mass is 9.82. The van der Waals surface area contributed by atoms with Crippen molar-refractivity contribution in [1.82, 2.24) is 15.1 Å². The van der Waals surface area contributed by atoms with E-state index in [1.165, 1.54) is 5.56 Å². The number of carbonyl (C=O) groups excluding carboxylic acids is 2. The van der Waals surface area contributed by atoms with Gasteiger partial charge in [-0.2, -0.15) is 0 Å². The Balaban J connectivity index is 1.41. The van der Waals surface area contributed by atoms with Gasteiger partial charge >= 0.3 is 0 Å². The van der Waals surface area contributed by atoms with Gasteiger partial charge in [0.15, 0.2) is 0 Å². The highest BCUT2D eigenvalue weighted by molar-refractivity contribution is 6.32. The molecule has 220 valence electrons. The summed E-state index contributed by atoms with van der Waals surface area (Å²) in [5.74, 6) is 0.748. The van der Waals surface area contributed by atoms with Gasteiger partial charge < -0.3 is 19.9 Å². The number of carbonyl (C=O) groups is 2. The summed E-state index contributed by atoms with van der Waals surface area (Å²) in [7, 11) is 1.87. The van der Waals surface area contributed by atoms with Crippen LogP contribution in [0.3, 0.4) is 0 Å². The lowest BCUT2D eigenvalue weighted by Crippen LogP contribution is -2.61. The van der Waals surface area contributed by atoms with E-state index in [0.29, 0.717) is 43.2 Å². The Bertz CT molecular complexity index is 1470. The van der Waals surface area contributed by atoms with Crippen molar-refractivity contribution in [1.29, 1.82) is 0 Å². The summed E-state index contributed by atoms with van der Waals surface area (Å²) in [6, 6.07) is 24.4. The van der Waals surface area contributed by atoms with Crippen molar-refractivity contribution in [3.05, 3.63) is 106 Å². The van der Waals surface area contributed by atoms with Gasteiger partial charge in [0, 0.05) is 51.6 Å². The minimum atomic E-state index is -0.211. The van der Waals surface area contributed by atoms with Crippen molar-refractivity contribution in [2.75, 3.05) is 26.7 Å². The van der Waals surface area contributed by atoms with Gasteiger partial charge in [0.1, 0.15) is 5.75 Å². The maximum absolute atomic E-state index is 14.1. The van der Waals surface area contributed by atoms with Crippen LogP contribution in [0, 0.1) is 6.92 Å². The Labute approximate surface area is 254 Å². The highest BCUT2D eigenvalue weighted by Gasteiger charge is 2.39. The molecule has 7 heteroatoms. The van der Waals surface area contributed by atoms with Crippen LogP contribution in [0.4, 0.5) is 0 Å². The van der Waals surface area contributed by atoms with Crippen molar-refractivity contribution < 1.29 is 14.3 Å². The number of rotatable bonds is 9. The number of likely N-dealkylation sites (N-methyl/N-ethyl adjacent to an activating group) is 1. The van der Waals surface area contributed by atoms with E-state index >= 15 is 0 Å². The van der Waals surface area contributed by atoms with Crippen molar-refractivity contribution >= 4 is 29.0 Å². The molecule has 0 saturated carbocycles. The number of hydrogen-bond donors (Lipinski definition) is 1. The van der Waals surface area contributed by atoms with Crippen molar-refractivity contribution in [2.24, 2.45) is 0 Å². The smallest absolute Gasteiger partial charge is 0.251 e. The molecule has 2 aliphatic heterocycles. The molecule has 5 rings (SSSR count). The van der Waals surface area contributed by atoms with Gasteiger partial charge in [-0.3, -0.25) is 9.59 Å². The van der Waals surface area contributed by atoms with Crippen LogP contribution in [-0.4, -0.2) is 66.5 Å². The van der Waals surface area contributed by atoms with E-state index in [4.69, 9.17) is 16.3 Å². The molecule has 3 atom stereocenters. The number of benzene rings is 3. The van der Waals surface area contributed by atoms with Gasteiger partial charge in [-0.15, -0.1) is 0 Å². The monoisotopic (exact) mass is 585 g/mol. The van der Waals surface area contributed by atoms with Crippen LogP contribution in [0.1, 0.15) is 42.5 Å². The molecule has 3 aromatic rings. The van der Waals surface area contributed by atoms with Gasteiger partial charge in [0.25, 0.3) is 5.91 Å². The fourth-order valence-corrected chi connectivity index (χ4v) is 6.21. The molecule has 0 aliphatic carbocycles. The van der Waals surface area contributed by atoms with Gasteiger partial charge in [-0.05, 0) is 66.6 Å². The zero-order valence-electron chi connectivity index (χ0n) is 24.9. The molecule has 6 nitrogen and oxygen atoms in total. The molecule has 2 bridgehead atoms. The first-order valence-corrected chi connectivity index (χ1v) is 15.1. The molecular weight excluding hydrogens is 546 g/mol. The molecular formula is C35H40ClN3O3. The topological polar surface area (TPSA) is 61.9 Å². The second kappa shape index (κ2) is 13.1. The van der Waals surface area contributed by atoms with Gasteiger partial charge in [-0.1, -0.05) is 72.3 Å². The van der Waals surface area contributed by atoms with Gasteiger partial charge in [-0.25, -0.2) is 0 Å². The minimum Gasteiger partial charge on any atom is -0.489 e. The molecule has 2 heterocycles. The molecule has 3 aromatic carbocycles. The SMILES string of the molecule is CC(=O)N1CC2CC(c3cccc(CC(C)Oc4cc(C)ccc4Cl)c3)=C(C(=O)N(C)CCc3ccccc3)[C@@H](C1)N2. The van der Waals surface area contributed by atoms with Crippen LogP contribution in [0.15, 0.2) is 78.4 Å². The van der Waals surface area contributed by atoms with Crippen LogP contribution in [0.5, 0.6) is 5.75 Å². The third-order valence-electron chi connectivity index (χ3n) is 8.22. The van der Waals surface area contributed by atoms with Crippen LogP contribution < -0.4 is 10.1 Å². The fourth-order valence-electron chi connectivity index (χ4n) is 6.05. The summed E-state index contributed by atoms with van der Waals surface area (Å²) in [6.45, 7) is 7.42. The van der Waals surface area contributed by atoms with E-state index in [1.807, 2.05) is 67.1 Å². The van der Waals surface area contributed by atoms with Crippen molar-refractivity contribution in [3.63, 3.8) is 0 Å². The molecule has 2 amide bonds. The maximum atomic E-state index is 14.1. The fraction of sp³-hybridized carbons (Fsp3) is 0.371. The average molecular weight is 586 g/mol. The highest BCUT2D eigenvalue weighted by atomic mass is 35.5. The van der Waals surface area contributed by atoms with Gasteiger partial charge in [0.2, 0.25) is 5.91 Å². The Morgan fingerprint density at radius 3 is 2.57 bits per heavy atom. The molecule has 2 aliphatic rings. The van der Waals surface area contributed by atoms with Crippen LogP contribution >= 0.6 is 11.6 Å². The van der Waals surface area contributed by atoms with Crippen LogP contribution in [-0.2, 0) is 22.4 Å². The number of fused-ring (bicyclic) bond motifs is 2. The molecule has 2 unspecified atom stereocenters. The summed E-state index contributed by atoms with van der Waals surface area (Å²) in [5, 5.41) is 4.25. The number of nitrogens with one attached hydrogen (secondary N) is 1. The molecule has 0 radical (unpaired) electrons. The molecule has 0 spiro atoms. The summed E-state index contributed by atoms with van der Waals surface area (Å²) >= 11 is 6.38. The predicted molar refractivity (Wildman–Crippen MR) is 169 cm³/mol. The minimum absolute atomic E-state index is 0.0125. The van der Waals surface area contributed by atoms with E-state index in [1.54, 1.807) is 6.92 Å². The first kappa shape index (κ1) is 29.9. The van der Waals surface area contributed by atoms with E-state index in [9.17, 15) is 9.59 Å². The zero-order chi connectivity index (χ0) is 29.8. The number of amides is 2. The molecule has 1 saturated heterocycles.